The first-order valence-corrected chi connectivity index (χ1v) is 11.1. The number of halogens is 1. The molecule has 32 heavy (non-hydrogen) atoms. The number of rotatable bonds is 8. The van der Waals surface area contributed by atoms with Crippen LogP contribution in [0.4, 0.5) is 9.18 Å². The van der Waals surface area contributed by atoms with E-state index < -0.39 is 18.0 Å². The van der Waals surface area contributed by atoms with Gasteiger partial charge in [0.25, 0.3) is 5.91 Å². The molecule has 2 fully saturated rings. The van der Waals surface area contributed by atoms with E-state index in [1.54, 1.807) is 0 Å². The predicted octanol–water partition coefficient (Wildman–Crippen LogP) is 1.96. The van der Waals surface area contributed by atoms with Crippen molar-refractivity contribution in [1.29, 1.82) is 0 Å². The molecule has 2 aliphatic rings. The highest BCUT2D eigenvalue weighted by Gasteiger charge is 2.40. The lowest BCUT2D eigenvalue weighted by atomic mass is 10.1. The van der Waals surface area contributed by atoms with Gasteiger partial charge in [-0.25, -0.2) is 14.2 Å². The molecule has 0 radical (unpaired) electrons. The molecule has 0 unspecified atom stereocenters. The predicted molar refractivity (Wildman–Crippen MR) is 116 cm³/mol. The molecule has 1 saturated carbocycles. The van der Waals surface area contributed by atoms with Gasteiger partial charge in [0.1, 0.15) is 17.6 Å². The number of hydrogen-bond acceptors (Lipinski definition) is 6. The van der Waals surface area contributed by atoms with Crippen LogP contribution in [0.3, 0.4) is 0 Å². The zero-order valence-electron chi connectivity index (χ0n) is 18.5. The highest BCUT2D eigenvalue weighted by Crippen LogP contribution is 2.38. The van der Waals surface area contributed by atoms with Crippen LogP contribution >= 0.6 is 0 Å². The topological polar surface area (TPSA) is 97.7 Å². The molecule has 3 heterocycles. The second-order valence-electron chi connectivity index (χ2n) is 8.29. The molecule has 4 rings (SSSR count). The maximum atomic E-state index is 14.1. The molecule has 174 valence electrons. The van der Waals surface area contributed by atoms with Crippen LogP contribution in [-0.2, 0) is 20.8 Å². The fraction of sp³-hybridized carbons (Fsp3) is 0.591. The Morgan fingerprint density at radius 3 is 2.97 bits per heavy atom. The van der Waals surface area contributed by atoms with E-state index in [9.17, 15) is 14.0 Å². The molecule has 2 atom stereocenters. The fourth-order valence-corrected chi connectivity index (χ4v) is 4.27. The van der Waals surface area contributed by atoms with Crippen molar-refractivity contribution in [3.63, 3.8) is 0 Å². The highest BCUT2D eigenvalue weighted by atomic mass is 19.1. The minimum Gasteiger partial charge on any atom is -0.453 e. The van der Waals surface area contributed by atoms with Crippen LogP contribution in [0.15, 0.2) is 18.5 Å². The molecular formula is C22H30FN5O4. The fourth-order valence-electron chi connectivity index (χ4n) is 4.27. The van der Waals surface area contributed by atoms with Gasteiger partial charge in [0.05, 0.1) is 26.0 Å². The van der Waals surface area contributed by atoms with Crippen LogP contribution in [0.1, 0.15) is 37.8 Å². The number of carbonyl (C=O) groups is 2. The van der Waals surface area contributed by atoms with Gasteiger partial charge < -0.3 is 29.6 Å². The normalized spacial score (nSPS) is 19.5. The second-order valence-corrected chi connectivity index (χ2v) is 8.29. The Labute approximate surface area is 186 Å². The number of pyridine rings is 1. The number of aryl methyl sites for hydroxylation is 1. The van der Waals surface area contributed by atoms with Gasteiger partial charge in [0, 0.05) is 49.4 Å². The van der Waals surface area contributed by atoms with Gasteiger partial charge in [-0.15, -0.1) is 0 Å². The van der Waals surface area contributed by atoms with Crippen molar-refractivity contribution in [2.24, 2.45) is 0 Å². The number of nitrogens with zero attached hydrogens (tertiary/aromatic N) is 3. The maximum Gasteiger partial charge on any atom is 0.406 e. The standard InChI is InChI=1S/C22H30FN5O4/c1-14(28(16-4-5-16)21(29)19-12-24-7-9-32-19)18-13-27(8-3-6-25-22(30)31-2)20-17(18)10-15(23)11-26-20/h10-11,13-14,16,19,24H,3-9,12H2,1-2H3,(H,25,30)/t14-,19-/m1/s1. The summed E-state index contributed by atoms with van der Waals surface area (Å²) in [6.07, 6.45) is 4.74. The molecule has 2 aromatic rings. The molecular weight excluding hydrogens is 417 g/mol. The van der Waals surface area contributed by atoms with Gasteiger partial charge in [0.15, 0.2) is 0 Å². The van der Waals surface area contributed by atoms with Gasteiger partial charge in [-0.05, 0) is 32.3 Å². The average Bonchev–Trinajstić information content (AvgIpc) is 3.58. The van der Waals surface area contributed by atoms with Crippen molar-refractivity contribution < 1.29 is 23.5 Å². The van der Waals surface area contributed by atoms with Crippen LogP contribution in [0.25, 0.3) is 11.0 Å². The SMILES string of the molecule is COC(=O)NCCCn1cc([C@@H](C)N(C(=O)[C@H]2CNCCO2)C2CC2)c2cc(F)cnc21. The third-order valence-corrected chi connectivity index (χ3v) is 6.01. The number of hydrogen-bond donors (Lipinski definition) is 2. The Morgan fingerprint density at radius 2 is 2.28 bits per heavy atom. The Kier molecular flexibility index (Phi) is 6.90. The number of methoxy groups -OCH3 is 1. The molecule has 0 spiro atoms. The molecule has 9 nitrogen and oxygen atoms in total. The summed E-state index contributed by atoms with van der Waals surface area (Å²) in [7, 11) is 1.32. The van der Waals surface area contributed by atoms with Crippen LogP contribution in [0, 0.1) is 5.82 Å². The van der Waals surface area contributed by atoms with Crippen molar-refractivity contribution in [1.82, 2.24) is 25.1 Å². The van der Waals surface area contributed by atoms with E-state index >= 15 is 0 Å². The number of aromatic nitrogens is 2. The summed E-state index contributed by atoms with van der Waals surface area (Å²) in [4.78, 5) is 30.8. The van der Waals surface area contributed by atoms with Gasteiger partial charge >= 0.3 is 6.09 Å². The lowest BCUT2D eigenvalue weighted by Crippen LogP contribution is -2.50. The number of carbonyl (C=O) groups excluding carboxylic acids is 2. The molecule has 2 aromatic heterocycles. The number of morpholine rings is 1. The molecule has 2 amide bonds. The number of nitrogens with one attached hydrogen (secondary N) is 2. The summed E-state index contributed by atoms with van der Waals surface area (Å²) in [5.74, 6) is -0.445. The summed E-state index contributed by atoms with van der Waals surface area (Å²) < 4.78 is 26.4. The number of ether oxygens (including phenoxy) is 2. The Hall–Kier alpha value is -2.72. The van der Waals surface area contributed by atoms with E-state index in [2.05, 4.69) is 20.4 Å². The van der Waals surface area contributed by atoms with Gasteiger partial charge in [-0.3, -0.25) is 4.79 Å². The highest BCUT2D eigenvalue weighted by molar-refractivity contribution is 5.85. The summed E-state index contributed by atoms with van der Waals surface area (Å²) >= 11 is 0. The van der Waals surface area contributed by atoms with Crippen molar-refractivity contribution in [3.05, 3.63) is 29.8 Å². The zero-order chi connectivity index (χ0) is 22.7. The smallest absolute Gasteiger partial charge is 0.406 e. The summed E-state index contributed by atoms with van der Waals surface area (Å²) in [6.45, 7) is 4.76. The van der Waals surface area contributed by atoms with E-state index in [-0.39, 0.29) is 18.0 Å². The molecule has 1 aliphatic carbocycles. The van der Waals surface area contributed by atoms with Crippen LogP contribution in [0.5, 0.6) is 0 Å². The number of alkyl carbamates (subject to hydrolysis) is 1. The Bertz CT molecular complexity index is 971. The lowest BCUT2D eigenvalue weighted by Gasteiger charge is -2.34. The number of fused-ring (bicyclic) bond motifs is 1. The molecule has 0 aromatic carbocycles. The Morgan fingerprint density at radius 1 is 1.47 bits per heavy atom. The minimum atomic E-state index is -0.501. The monoisotopic (exact) mass is 447 g/mol. The molecule has 1 aliphatic heterocycles. The van der Waals surface area contributed by atoms with E-state index in [0.717, 1.165) is 24.9 Å². The second kappa shape index (κ2) is 9.83. The first-order chi connectivity index (χ1) is 15.5. The maximum absolute atomic E-state index is 14.1. The zero-order valence-corrected chi connectivity index (χ0v) is 18.5. The van der Waals surface area contributed by atoms with Crippen molar-refractivity contribution >= 4 is 23.0 Å². The first-order valence-electron chi connectivity index (χ1n) is 11.1. The summed E-state index contributed by atoms with van der Waals surface area (Å²) in [5.41, 5.74) is 1.52. The first kappa shape index (κ1) is 22.5. The van der Waals surface area contributed by atoms with E-state index in [1.165, 1.54) is 19.4 Å². The number of amides is 2. The average molecular weight is 448 g/mol. The quantitative estimate of drug-likeness (QED) is 0.601. The van der Waals surface area contributed by atoms with Crippen molar-refractivity contribution in [3.8, 4) is 0 Å². The third-order valence-electron chi connectivity index (χ3n) is 6.01. The van der Waals surface area contributed by atoms with Gasteiger partial charge in [-0.2, -0.15) is 0 Å². The lowest BCUT2D eigenvalue weighted by molar-refractivity contribution is -0.148. The largest absolute Gasteiger partial charge is 0.453 e. The summed E-state index contributed by atoms with van der Waals surface area (Å²) in [6, 6.07) is 1.40. The van der Waals surface area contributed by atoms with E-state index in [1.807, 2.05) is 22.6 Å². The molecule has 10 heteroatoms. The van der Waals surface area contributed by atoms with E-state index in [4.69, 9.17) is 4.74 Å². The third kappa shape index (κ3) is 4.86. The molecule has 2 N–H and O–H groups in total. The van der Waals surface area contributed by atoms with Gasteiger partial charge in [-0.1, -0.05) is 0 Å². The Balaban J connectivity index is 1.58. The van der Waals surface area contributed by atoms with E-state index in [0.29, 0.717) is 43.7 Å². The van der Waals surface area contributed by atoms with Crippen LogP contribution in [-0.4, -0.2) is 71.9 Å². The van der Waals surface area contributed by atoms with Gasteiger partial charge in [0.2, 0.25) is 0 Å². The minimum absolute atomic E-state index is 0.0280. The summed E-state index contributed by atoms with van der Waals surface area (Å²) in [5, 5.41) is 6.56. The van der Waals surface area contributed by atoms with Crippen LogP contribution < -0.4 is 10.6 Å². The molecule has 0 bridgehead atoms. The van der Waals surface area contributed by atoms with Crippen molar-refractivity contribution in [2.75, 3.05) is 33.4 Å². The molecule has 1 saturated heterocycles. The van der Waals surface area contributed by atoms with Crippen LogP contribution in [0.2, 0.25) is 0 Å². The van der Waals surface area contributed by atoms with Crippen molar-refractivity contribution in [2.45, 2.75) is 50.9 Å².